The number of hydrogen-bond acceptors (Lipinski definition) is 1. The van der Waals surface area contributed by atoms with Crippen LogP contribution in [0.2, 0.25) is 0 Å². The summed E-state index contributed by atoms with van der Waals surface area (Å²) in [5.74, 6) is 0.761. The van der Waals surface area contributed by atoms with Gasteiger partial charge in [-0.2, -0.15) is 0 Å². The van der Waals surface area contributed by atoms with Gasteiger partial charge in [0, 0.05) is 0 Å². The first-order chi connectivity index (χ1) is 6.38. The topological polar surface area (TPSA) is 26.0 Å². The lowest BCUT2D eigenvalue weighted by molar-refractivity contribution is 0.246. The van der Waals surface area contributed by atoms with E-state index in [4.69, 9.17) is 5.73 Å². The van der Waals surface area contributed by atoms with Gasteiger partial charge in [-0.25, -0.2) is 0 Å². The van der Waals surface area contributed by atoms with Crippen LogP contribution < -0.4 is 5.73 Å². The summed E-state index contributed by atoms with van der Waals surface area (Å²) in [6, 6.07) is 0. The Labute approximate surface area is 89.8 Å². The summed E-state index contributed by atoms with van der Waals surface area (Å²) in [4.78, 5) is 0. The molecule has 0 amide bonds. The summed E-state index contributed by atoms with van der Waals surface area (Å²) < 4.78 is 0. The monoisotopic (exact) mass is 197 g/mol. The van der Waals surface area contributed by atoms with Gasteiger partial charge in [-0.1, -0.05) is 39.8 Å². The quantitative estimate of drug-likeness (QED) is 0.645. The van der Waals surface area contributed by atoms with E-state index in [1.165, 1.54) is 18.4 Å². The molecule has 0 aliphatic carbocycles. The minimum Gasteiger partial charge on any atom is -0.330 e. The van der Waals surface area contributed by atoms with Crippen LogP contribution in [0.3, 0.4) is 0 Å². The summed E-state index contributed by atoms with van der Waals surface area (Å²) in [6.45, 7) is 14.1. The van der Waals surface area contributed by atoms with E-state index in [1.54, 1.807) is 0 Å². The molecule has 0 aliphatic heterocycles. The molecule has 0 radical (unpaired) electrons. The van der Waals surface area contributed by atoms with Crippen molar-refractivity contribution in [2.75, 3.05) is 6.54 Å². The van der Waals surface area contributed by atoms with Gasteiger partial charge in [0.05, 0.1) is 0 Å². The summed E-state index contributed by atoms with van der Waals surface area (Å²) in [5.41, 5.74) is 7.25. The second kappa shape index (κ2) is 6.23. The van der Waals surface area contributed by atoms with E-state index in [9.17, 15) is 0 Å². The molecule has 84 valence electrons. The van der Waals surface area contributed by atoms with Crippen LogP contribution in [0, 0.1) is 11.3 Å². The molecule has 0 heterocycles. The van der Waals surface area contributed by atoms with Gasteiger partial charge in [-0.05, 0) is 43.6 Å². The van der Waals surface area contributed by atoms with Crippen molar-refractivity contribution in [3.63, 3.8) is 0 Å². The highest BCUT2D eigenvalue weighted by molar-refractivity contribution is 4.94. The Hall–Kier alpha value is -0.300. The predicted octanol–water partition coefficient (Wildman–Crippen LogP) is 3.74. The Kier molecular flexibility index (Phi) is 6.10. The molecule has 14 heavy (non-hydrogen) atoms. The van der Waals surface area contributed by atoms with Crippen LogP contribution in [-0.4, -0.2) is 6.54 Å². The van der Waals surface area contributed by atoms with E-state index in [0.717, 1.165) is 25.3 Å². The Morgan fingerprint density at radius 2 is 1.86 bits per heavy atom. The van der Waals surface area contributed by atoms with Gasteiger partial charge in [0.15, 0.2) is 0 Å². The number of nitrogens with two attached hydrogens (primary N) is 1. The number of allylic oxidation sites excluding steroid dienone is 1. The molecule has 0 unspecified atom stereocenters. The minimum atomic E-state index is 0.425. The molecule has 0 fully saturated rings. The van der Waals surface area contributed by atoms with Gasteiger partial charge < -0.3 is 5.73 Å². The van der Waals surface area contributed by atoms with Gasteiger partial charge >= 0.3 is 0 Å². The second-order valence-corrected chi connectivity index (χ2v) is 5.45. The first-order valence-corrected chi connectivity index (χ1v) is 5.74. The largest absolute Gasteiger partial charge is 0.330 e. The summed E-state index contributed by atoms with van der Waals surface area (Å²) >= 11 is 0. The van der Waals surface area contributed by atoms with Crippen molar-refractivity contribution < 1.29 is 0 Å². The van der Waals surface area contributed by atoms with Crippen molar-refractivity contribution in [1.82, 2.24) is 0 Å². The summed E-state index contributed by atoms with van der Waals surface area (Å²) in [5, 5.41) is 0. The van der Waals surface area contributed by atoms with Crippen LogP contribution >= 0.6 is 0 Å². The number of rotatable bonds is 6. The lowest BCUT2D eigenvalue weighted by Gasteiger charge is -2.27. The zero-order valence-corrected chi connectivity index (χ0v) is 10.4. The van der Waals surface area contributed by atoms with E-state index in [2.05, 4.69) is 34.3 Å². The highest BCUT2D eigenvalue weighted by atomic mass is 14.5. The lowest BCUT2D eigenvalue weighted by Crippen LogP contribution is -2.17. The van der Waals surface area contributed by atoms with Crippen LogP contribution in [0.25, 0.3) is 0 Å². The third-order valence-corrected chi connectivity index (χ3v) is 3.14. The smallest absolute Gasteiger partial charge is 0.00742 e. The van der Waals surface area contributed by atoms with Gasteiger partial charge in [-0.3, -0.25) is 0 Å². The fourth-order valence-corrected chi connectivity index (χ4v) is 1.33. The Morgan fingerprint density at radius 3 is 2.29 bits per heavy atom. The average Bonchev–Trinajstić information content (AvgIpc) is 2.09. The van der Waals surface area contributed by atoms with Crippen molar-refractivity contribution in [2.45, 2.75) is 53.4 Å². The van der Waals surface area contributed by atoms with Gasteiger partial charge in [0.25, 0.3) is 0 Å². The molecule has 0 aromatic carbocycles. The van der Waals surface area contributed by atoms with Crippen LogP contribution in [0.4, 0.5) is 0 Å². The summed E-state index contributed by atoms with van der Waals surface area (Å²) in [7, 11) is 0. The molecule has 1 heteroatoms. The third kappa shape index (κ3) is 6.20. The molecule has 0 rings (SSSR count). The van der Waals surface area contributed by atoms with Crippen LogP contribution in [0.15, 0.2) is 12.2 Å². The molecule has 0 spiro atoms. The average molecular weight is 197 g/mol. The zero-order valence-electron chi connectivity index (χ0n) is 10.4. The third-order valence-electron chi connectivity index (χ3n) is 3.14. The molecule has 2 N–H and O–H groups in total. The maximum absolute atomic E-state index is 5.46. The molecule has 0 saturated carbocycles. The predicted molar refractivity (Wildman–Crippen MR) is 65.3 cm³/mol. The standard InChI is InChI=1S/C13H27N/c1-11(7-6-10-14)8-9-12(2)13(3,4)5/h12H,1,6-10,14H2,2-5H3/t12-/m1/s1. The van der Waals surface area contributed by atoms with Crippen molar-refractivity contribution in [3.05, 3.63) is 12.2 Å². The van der Waals surface area contributed by atoms with Crippen LogP contribution in [0.1, 0.15) is 53.4 Å². The number of hydrogen-bond donors (Lipinski definition) is 1. The van der Waals surface area contributed by atoms with Gasteiger partial charge in [-0.15, -0.1) is 0 Å². The van der Waals surface area contributed by atoms with E-state index >= 15 is 0 Å². The normalized spacial score (nSPS) is 14.1. The van der Waals surface area contributed by atoms with Crippen LogP contribution in [-0.2, 0) is 0 Å². The summed E-state index contributed by atoms with van der Waals surface area (Å²) in [6.07, 6.45) is 4.61. The molecule has 1 atom stereocenters. The first-order valence-electron chi connectivity index (χ1n) is 5.74. The van der Waals surface area contributed by atoms with Crippen LogP contribution in [0.5, 0.6) is 0 Å². The van der Waals surface area contributed by atoms with E-state index in [1.807, 2.05) is 0 Å². The van der Waals surface area contributed by atoms with Crippen molar-refractivity contribution >= 4 is 0 Å². The molecule has 0 bridgehead atoms. The van der Waals surface area contributed by atoms with E-state index in [0.29, 0.717) is 5.41 Å². The van der Waals surface area contributed by atoms with Crippen molar-refractivity contribution in [3.8, 4) is 0 Å². The van der Waals surface area contributed by atoms with E-state index in [-0.39, 0.29) is 0 Å². The minimum absolute atomic E-state index is 0.425. The zero-order chi connectivity index (χ0) is 11.2. The van der Waals surface area contributed by atoms with Crippen molar-refractivity contribution in [2.24, 2.45) is 17.1 Å². The second-order valence-electron chi connectivity index (χ2n) is 5.45. The first kappa shape index (κ1) is 13.7. The molecule has 0 aliphatic rings. The highest BCUT2D eigenvalue weighted by Crippen LogP contribution is 2.30. The maximum Gasteiger partial charge on any atom is -0.00742 e. The molecular weight excluding hydrogens is 170 g/mol. The van der Waals surface area contributed by atoms with Gasteiger partial charge in [0.1, 0.15) is 0 Å². The Bertz CT molecular complexity index is 165. The Morgan fingerprint density at radius 1 is 1.29 bits per heavy atom. The molecule has 0 aromatic heterocycles. The lowest BCUT2D eigenvalue weighted by atomic mass is 9.79. The van der Waals surface area contributed by atoms with E-state index < -0.39 is 0 Å². The molecule has 0 saturated heterocycles. The SMILES string of the molecule is C=C(CCCN)CC[C@@H](C)C(C)(C)C. The Balaban J connectivity index is 3.67. The fraction of sp³-hybridized carbons (Fsp3) is 0.846. The fourth-order valence-electron chi connectivity index (χ4n) is 1.33. The van der Waals surface area contributed by atoms with Crippen molar-refractivity contribution in [1.29, 1.82) is 0 Å². The maximum atomic E-state index is 5.46. The molecular formula is C13H27N. The highest BCUT2D eigenvalue weighted by Gasteiger charge is 2.19. The molecule has 1 nitrogen and oxygen atoms in total. The van der Waals surface area contributed by atoms with Gasteiger partial charge in [0.2, 0.25) is 0 Å². The molecule has 0 aromatic rings.